The number of aryl methyl sites for hydroxylation is 1. The SMILES string of the molecule is COc1cc(/C=C2\SC(=O)N(CC(=O)c3ccc([N+](=O)[O-])cc3)C2=O)ccc1OCC(=O)Nc1ccccc1C. The van der Waals surface area contributed by atoms with Crippen LogP contribution in [0.3, 0.4) is 0 Å². The van der Waals surface area contributed by atoms with Gasteiger partial charge in [0.2, 0.25) is 0 Å². The number of anilines is 1. The van der Waals surface area contributed by atoms with Gasteiger partial charge in [0.1, 0.15) is 0 Å². The number of nitrogens with one attached hydrogen (secondary N) is 1. The fourth-order valence-electron chi connectivity index (χ4n) is 3.73. The van der Waals surface area contributed by atoms with Gasteiger partial charge >= 0.3 is 0 Å². The minimum Gasteiger partial charge on any atom is -0.493 e. The number of carbonyl (C=O) groups excluding carboxylic acids is 4. The molecule has 0 aliphatic carbocycles. The Kier molecular flexibility index (Phi) is 8.60. The van der Waals surface area contributed by atoms with Crippen LogP contribution in [0.25, 0.3) is 6.08 Å². The molecule has 40 heavy (non-hydrogen) atoms. The van der Waals surface area contributed by atoms with Gasteiger partial charge in [-0.15, -0.1) is 0 Å². The number of non-ortho nitro benzene ring substituents is 1. The van der Waals surface area contributed by atoms with Crippen LogP contribution in [0.15, 0.2) is 71.6 Å². The van der Waals surface area contributed by atoms with Gasteiger partial charge in [0.25, 0.3) is 22.7 Å². The number of hydrogen-bond donors (Lipinski definition) is 1. The standard InChI is InChI=1S/C28H23N3O8S/c1-17-5-3-4-6-21(17)29-26(33)16-39-23-12-7-18(13-24(23)38-2)14-25-27(34)30(28(35)40-25)15-22(32)19-8-10-20(11-9-19)31(36)37/h3-14H,15-16H2,1-2H3,(H,29,33)/b25-14-. The van der Waals surface area contributed by atoms with Gasteiger partial charge in [-0.05, 0) is 66.2 Å². The highest BCUT2D eigenvalue weighted by molar-refractivity contribution is 8.18. The second-order valence-corrected chi connectivity index (χ2v) is 9.55. The molecule has 0 spiro atoms. The fraction of sp³-hybridized carbons (Fsp3) is 0.143. The maximum atomic E-state index is 12.9. The number of amides is 3. The Morgan fingerprint density at radius 3 is 2.45 bits per heavy atom. The summed E-state index contributed by atoms with van der Waals surface area (Å²) in [5, 5.41) is 13.0. The highest BCUT2D eigenvalue weighted by atomic mass is 32.2. The summed E-state index contributed by atoms with van der Waals surface area (Å²) in [6, 6.07) is 17.1. The molecule has 11 nitrogen and oxygen atoms in total. The van der Waals surface area contributed by atoms with E-state index < -0.39 is 28.4 Å². The largest absolute Gasteiger partial charge is 0.493 e. The van der Waals surface area contributed by atoms with E-state index in [0.717, 1.165) is 10.5 Å². The first kappa shape index (κ1) is 28.0. The molecule has 1 aliphatic heterocycles. The van der Waals surface area contributed by atoms with Crippen LogP contribution < -0.4 is 14.8 Å². The minimum absolute atomic E-state index is 0.106. The first-order valence-corrected chi connectivity index (χ1v) is 12.7. The first-order chi connectivity index (χ1) is 19.2. The summed E-state index contributed by atoms with van der Waals surface area (Å²) in [5.41, 5.74) is 2.09. The van der Waals surface area contributed by atoms with E-state index in [1.54, 1.807) is 24.3 Å². The maximum absolute atomic E-state index is 12.9. The number of nitro benzene ring substituents is 1. The number of nitrogens with zero attached hydrogens (tertiary/aromatic N) is 2. The van der Waals surface area contributed by atoms with Gasteiger partial charge in [-0.2, -0.15) is 0 Å². The van der Waals surface area contributed by atoms with E-state index in [0.29, 0.717) is 34.5 Å². The van der Waals surface area contributed by atoms with E-state index in [-0.39, 0.29) is 28.7 Å². The lowest BCUT2D eigenvalue weighted by molar-refractivity contribution is -0.384. The van der Waals surface area contributed by atoms with Crippen molar-refractivity contribution in [3.8, 4) is 11.5 Å². The molecule has 3 aromatic carbocycles. The van der Waals surface area contributed by atoms with Gasteiger partial charge in [-0.25, -0.2) is 0 Å². The Balaban J connectivity index is 1.41. The van der Waals surface area contributed by atoms with Gasteiger partial charge in [0, 0.05) is 23.4 Å². The molecule has 0 aromatic heterocycles. The Hall–Kier alpha value is -4.97. The number of ketones is 1. The summed E-state index contributed by atoms with van der Waals surface area (Å²) in [4.78, 5) is 61.4. The number of thioether (sulfide) groups is 1. The van der Waals surface area contributed by atoms with Gasteiger partial charge in [-0.1, -0.05) is 24.3 Å². The summed E-state index contributed by atoms with van der Waals surface area (Å²) in [6.45, 7) is 1.12. The van der Waals surface area contributed by atoms with Crippen LogP contribution in [0.1, 0.15) is 21.5 Å². The number of methoxy groups -OCH3 is 1. The number of carbonyl (C=O) groups is 4. The molecule has 1 fully saturated rings. The van der Waals surface area contributed by atoms with Crippen LogP contribution in [-0.2, 0) is 9.59 Å². The number of nitro groups is 1. The van der Waals surface area contributed by atoms with Crippen molar-refractivity contribution in [1.29, 1.82) is 0 Å². The molecule has 0 radical (unpaired) electrons. The van der Waals surface area contributed by atoms with Crippen molar-refractivity contribution in [2.24, 2.45) is 0 Å². The fourth-order valence-corrected chi connectivity index (χ4v) is 4.57. The third-order valence-electron chi connectivity index (χ3n) is 5.84. The molecule has 1 aliphatic rings. The van der Waals surface area contributed by atoms with Gasteiger partial charge in [-0.3, -0.25) is 34.2 Å². The summed E-state index contributed by atoms with van der Waals surface area (Å²) in [7, 11) is 1.43. The summed E-state index contributed by atoms with van der Waals surface area (Å²) in [5.74, 6) is -0.908. The normalized spacial score (nSPS) is 13.8. The van der Waals surface area contributed by atoms with Crippen molar-refractivity contribution >= 4 is 52.0 Å². The zero-order valence-electron chi connectivity index (χ0n) is 21.4. The molecule has 1 N–H and O–H groups in total. The van der Waals surface area contributed by atoms with Crippen LogP contribution >= 0.6 is 11.8 Å². The van der Waals surface area contributed by atoms with Gasteiger partial charge in [0.05, 0.1) is 23.5 Å². The third kappa shape index (κ3) is 6.53. The molecule has 4 rings (SSSR count). The monoisotopic (exact) mass is 561 g/mol. The number of benzene rings is 3. The van der Waals surface area contributed by atoms with E-state index in [9.17, 15) is 29.3 Å². The highest BCUT2D eigenvalue weighted by Crippen LogP contribution is 2.34. The van der Waals surface area contributed by atoms with Crippen LogP contribution in [0.4, 0.5) is 16.2 Å². The molecule has 0 bridgehead atoms. The second-order valence-electron chi connectivity index (χ2n) is 8.56. The van der Waals surface area contributed by atoms with E-state index in [1.807, 2.05) is 25.1 Å². The topological polar surface area (TPSA) is 145 Å². The van der Waals surface area contributed by atoms with Crippen molar-refractivity contribution in [2.75, 3.05) is 25.6 Å². The van der Waals surface area contributed by atoms with Crippen LogP contribution in [0, 0.1) is 17.0 Å². The number of hydrogen-bond acceptors (Lipinski definition) is 9. The van der Waals surface area contributed by atoms with Crippen molar-refractivity contribution in [3.05, 3.63) is 98.4 Å². The summed E-state index contributed by atoms with van der Waals surface area (Å²) < 4.78 is 11.0. The van der Waals surface area contributed by atoms with Gasteiger partial charge < -0.3 is 14.8 Å². The number of Topliss-reactive ketones (excluding diaryl/α,β-unsaturated/α-hetero) is 1. The molecule has 204 valence electrons. The maximum Gasteiger partial charge on any atom is 0.293 e. The number of para-hydroxylation sites is 1. The molecule has 1 heterocycles. The quantitative estimate of drug-likeness (QED) is 0.159. The predicted molar refractivity (Wildman–Crippen MR) is 148 cm³/mol. The molecule has 0 unspecified atom stereocenters. The zero-order valence-corrected chi connectivity index (χ0v) is 22.2. The van der Waals surface area contributed by atoms with Crippen LogP contribution in [0.5, 0.6) is 11.5 Å². The van der Waals surface area contributed by atoms with Crippen molar-refractivity contribution in [3.63, 3.8) is 0 Å². The third-order valence-corrected chi connectivity index (χ3v) is 6.75. The molecule has 0 atom stereocenters. The average molecular weight is 562 g/mol. The molecule has 0 saturated carbocycles. The summed E-state index contributed by atoms with van der Waals surface area (Å²) >= 11 is 0.686. The molecule has 1 saturated heterocycles. The molecular formula is C28H23N3O8S. The lowest BCUT2D eigenvalue weighted by Crippen LogP contribution is -2.33. The van der Waals surface area contributed by atoms with Gasteiger partial charge in [0.15, 0.2) is 23.9 Å². The lowest BCUT2D eigenvalue weighted by atomic mass is 10.1. The molecular weight excluding hydrogens is 538 g/mol. The van der Waals surface area contributed by atoms with Crippen molar-refractivity contribution in [1.82, 2.24) is 4.90 Å². The van der Waals surface area contributed by atoms with E-state index in [1.165, 1.54) is 37.5 Å². The Bertz CT molecular complexity index is 1530. The number of imide groups is 1. The highest BCUT2D eigenvalue weighted by Gasteiger charge is 2.36. The smallest absolute Gasteiger partial charge is 0.293 e. The Morgan fingerprint density at radius 2 is 1.77 bits per heavy atom. The summed E-state index contributed by atoms with van der Waals surface area (Å²) in [6.07, 6.45) is 1.48. The van der Waals surface area contributed by atoms with E-state index in [2.05, 4.69) is 5.32 Å². The number of ether oxygens (including phenoxy) is 2. The van der Waals surface area contributed by atoms with E-state index >= 15 is 0 Å². The predicted octanol–water partition coefficient (Wildman–Crippen LogP) is 4.85. The lowest BCUT2D eigenvalue weighted by Gasteiger charge is -2.12. The molecule has 3 aromatic rings. The molecule has 12 heteroatoms. The van der Waals surface area contributed by atoms with Crippen molar-refractivity contribution in [2.45, 2.75) is 6.92 Å². The van der Waals surface area contributed by atoms with Crippen LogP contribution in [0.2, 0.25) is 0 Å². The van der Waals surface area contributed by atoms with Crippen molar-refractivity contribution < 1.29 is 33.6 Å². The van der Waals surface area contributed by atoms with E-state index in [4.69, 9.17) is 9.47 Å². The zero-order chi connectivity index (χ0) is 28.8. The average Bonchev–Trinajstić information content (AvgIpc) is 3.20. The minimum atomic E-state index is -0.641. The Morgan fingerprint density at radius 1 is 1.05 bits per heavy atom. The second kappa shape index (κ2) is 12.3. The molecule has 3 amide bonds. The number of rotatable bonds is 10. The Labute approximate surface area is 232 Å². The van der Waals surface area contributed by atoms with Crippen LogP contribution in [-0.4, -0.2) is 52.9 Å². The first-order valence-electron chi connectivity index (χ1n) is 11.9.